The molecule has 0 saturated heterocycles. The first kappa shape index (κ1) is 14.5. The van der Waals surface area contributed by atoms with E-state index in [1.165, 1.54) is 17.8 Å². The molecule has 0 saturated carbocycles. The molecule has 2 rings (SSSR count). The summed E-state index contributed by atoms with van der Waals surface area (Å²) in [6.07, 6.45) is 3.37. The Kier molecular flexibility index (Phi) is 5.06. The second-order valence-corrected chi connectivity index (χ2v) is 5.01. The first-order valence-electron chi connectivity index (χ1n) is 5.86. The van der Waals surface area contributed by atoms with Crippen molar-refractivity contribution in [3.05, 3.63) is 59.9 Å². The quantitative estimate of drug-likeness (QED) is 0.920. The number of benzene rings is 1. The fourth-order valence-electron chi connectivity index (χ4n) is 1.52. The number of amides is 1. The van der Waals surface area contributed by atoms with Crippen molar-refractivity contribution < 1.29 is 13.6 Å². The van der Waals surface area contributed by atoms with Gasteiger partial charge in [-0.25, -0.2) is 8.78 Å². The third-order valence-corrected chi connectivity index (χ3v) is 3.46. The standard InChI is InChI=1S/C14H12F2N2OS/c15-11-1-2-13(12(16)7-11)18-14(19)9-20-8-10-3-5-17-6-4-10/h1-7H,8-9H2,(H,18,19). The van der Waals surface area contributed by atoms with Crippen molar-refractivity contribution in [1.29, 1.82) is 0 Å². The lowest BCUT2D eigenvalue weighted by atomic mass is 10.3. The Hall–Kier alpha value is -1.95. The van der Waals surface area contributed by atoms with Crippen LogP contribution in [0, 0.1) is 11.6 Å². The van der Waals surface area contributed by atoms with Crippen LogP contribution in [0.4, 0.5) is 14.5 Å². The van der Waals surface area contributed by atoms with Crippen molar-refractivity contribution in [3.8, 4) is 0 Å². The van der Waals surface area contributed by atoms with Crippen molar-refractivity contribution in [2.24, 2.45) is 0 Å². The first-order chi connectivity index (χ1) is 9.65. The highest BCUT2D eigenvalue weighted by atomic mass is 32.2. The van der Waals surface area contributed by atoms with Crippen LogP contribution in [0.15, 0.2) is 42.7 Å². The predicted octanol–water partition coefficient (Wildman–Crippen LogP) is 3.23. The van der Waals surface area contributed by atoms with E-state index < -0.39 is 11.6 Å². The van der Waals surface area contributed by atoms with E-state index in [0.29, 0.717) is 5.75 Å². The SMILES string of the molecule is O=C(CSCc1ccncc1)Nc1ccc(F)cc1F. The number of halogens is 2. The summed E-state index contributed by atoms with van der Waals surface area (Å²) in [5.41, 5.74) is 1.05. The summed E-state index contributed by atoms with van der Waals surface area (Å²) in [7, 11) is 0. The summed E-state index contributed by atoms with van der Waals surface area (Å²) in [4.78, 5) is 15.5. The average Bonchev–Trinajstić information content (AvgIpc) is 2.43. The summed E-state index contributed by atoms with van der Waals surface area (Å²) in [5, 5.41) is 2.41. The maximum Gasteiger partial charge on any atom is 0.234 e. The monoisotopic (exact) mass is 294 g/mol. The highest BCUT2D eigenvalue weighted by Gasteiger charge is 2.08. The molecule has 20 heavy (non-hydrogen) atoms. The Balaban J connectivity index is 1.81. The van der Waals surface area contributed by atoms with Gasteiger partial charge in [0.25, 0.3) is 0 Å². The Morgan fingerprint density at radius 2 is 1.95 bits per heavy atom. The highest BCUT2D eigenvalue weighted by molar-refractivity contribution is 7.99. The maximum atomic E-state index is 13.3. The van der Waals surface area contributed by atoms with E-state index >= 15 is 0 Å². The number of nitrogens with one attached hydrogen (secondary N) is 1. The predicted molar refractivity (Wildman–Crippen MR) is 75.4 cm³/mol. The van der Waals surface area contributed by atoms with Crippen LogP contribution in [0.5, 0.6) is 0 Å². The van der Waals surface area contributed by atoms with Gasteiger partial charge in [-0.15, -0.1) is 11.8 Å². The summed E-state index contributed by atoms with van der Waals surface area (Å²) >= 11 is 1.41. The van der Waals surface area contributed by atoms with Gasteiger partial charge >= 0.3 is 0 Å². The van der Waals surface area contributed by atoms with Crippen molar-refractivity contribution in [3.63, 3.8) is 0 Å². The molecule has 0 radical (unpaired) electrons. The number of anilines is 1. The summed E-state index contributed by atoms with van der Waals surface area (Å²) in [6.45, 7) is 0. The number of carbonyl (C=O) groups excluding carboxylic acids is 1. The van der Waals surface area contributed by atoms with E-state index in [1.54, 1.807) is 12.4 Å². The minimum absolute atomic E-state index is 0.0130. The molecule has 104 valence electrons. The number of hydrogen-bond acceptors (Lipinski definition) is 3. The van der Waals surface area contributed by atoms with Gasteiger partial charge in [0.05, 0.1) is 11.4 Å². The van der Waals surface area contributed by atoms with Crippen LogP contribution >= 0.6 is 11.8 Å². The van der Waals surface area contributed by atoms with Crippen LogP contribution in [0.25, 0.3) is 0 Å². The molecule has 1 N–H and O–H groups in total. The summed E-state index contributed by atoms with van der Waals surface area (Å²) in [6, 6.07) is 6.77. The number of rotatable bonds is 5. The smallest absolute Gasteiger partial charge is 0.234 e. The number of hydrogen-bond donors (Lipinski definition) is 1. The third-order valence-electron chi connectivity index (χ3n) is 2.46. The van der Waals surface area contributed by atoms with Crippen molar-refractivity contribution in [2.75, 3.05) is 11.1 Å². The van der Waals surface area contributed by atoms with E-state index in [0.717, 1.165) is 17.7 Å². The van der Waals surface area contributed by atoms with E-state index in [4.69, 9.17) is 0 Å². The van der Waals surface area contributed by atoms with E-state index in [1.807, 2.05) is 12.1 Å². The van der Waals surface area contributed by atoms with Gasteiger partial charge in [0, 0.05) is 24.2 Å². The second-order valence-electron chi connectivity index (χ2n) is 4.02. The fourth-order valence-corrected chi connectivity index (χ4v) is 2.31. The molecule has 6 heteroatoms. The topological polar surface area (TPSA) is 42.0 Å². The normalized spacial score (nSPS) is 10.3. The number of pyridine rings is 1. The minimum atomic E-state index is -0.780. The Bertz CT molecular complexity index is 593. The van der Waals surface area contributed by atoms with Crippen LogP contribution in [0.1, 0.15) is 5.56 Å². The minimum Gasteiger partial charge on any atom is -0.323 e. The third kappa shape index (κ3) is 4.31. The van der Waals surface area contributed by atoms with E-state index in [2.05, 4.69) is 10.3 Å². The van der Waals surface area contributed by atoms with Crippen LogP contribution in [0.3, 0.4) is 0 Å². The van der Waals surface area contributed by atoms with Gasteiger partial charge in [-0.3, -0.25) is 9.78 Å². The summed E-state index contributed by atoms with van der Waals surface area (Å²) in [5.74, 6) is -0.916. The second kappa shape index (κ2) is 7.00. The molecule has 0 atom stereocenters. The fraction of sp³-hybridized carbons (Fsp3) is 0.143. The lowest BCUT2D eigenvalue weighted by Crippen LogP contribution is -2.15. The van der Waals surface area contributed by atoms with Gasteiger partial charge in [-0.1, -0.05) is 0 Å². The van der Waals surface area contributed by atoms with Crippen molar-refractivity contribution in [1.82, 2.24) is 4.98 Å². The molecule has 0 aliphatic rings. The molecule has 0 fully saturated rings. The lowest BCUT2D eigenvalue weighted by molar-refractivity contribution is -0.113. The molecular weight excluding hydrogens is 282 g/mol. The zero-order valence-electron chi connectivity index (χ0n) is 10.5. The van der Waals surface area contributed by atoms with Gasteiger partial charge < -0.3 is 5.32 Å². The van der Waals surface area contributed by atoms with Gasteiger partial charge in [0.2, 0.25) is 5.91 Å². The highest BCUT2D eigenvalue weighted by Crippen LogP contribution is 2.16. The Morgan fingerprint density at radius 1 is 1.20 bits per heavy atom. The molecule has 2 aromatic rings. The van der Waals surface area contributed by atoms with Crippen LogP contribution < -0.4 is 5.32 Å². The first-order valence-corrected chi connectivity index (χ1v) is 7.02. The number of carbonyl (C=O) groups is 1. The molecule has 3 nitrogen and oxygen atoms in total. The molecule has 1 amide bonds. The molecule has 0 bridgehead atoms. The lowest BCUT2D eigenvalue weighted by Gasteiger charge is -2.06. The van der Waals surface area contributed by atoms with Crippen molar-refractivity contribution in [2.45, 2.75) is 5.75 Å². The molecule has 1 heterocycles. The molecular formula is C14H12F2N2OS. The van der Waals surface area contributed by atoms with Crippen LogP contribution in [-0.4, -0.2) is 16.6 Å². The van der Waals surface area contributed by atoms with Crippen LogP contribution in [0.2, 0.25) is 0 Å². The molecule has 0 unspecified atom stereocenters. The number of nitrogens with zero attached hydrogens (tertiary/aromatic N) is 1. The summed E-state index contributed by atoms with van der Waals surface area (Å²) < 4.78 is 26.0. The number of aromatic nitrogens is 1. The molecule has 0 aliphatic carbocycles. The molecule has 0 aliphatic heterocycles. The molecule has 0 spiro atoms. The zero-order chi connectivity index (χ0) is 14.4. The molecule has 1 aromatic carbocycles. The van der Waals surface area contributed by atoms with Crippen molar-refractivity contribution >= 4 is 23.4 Å². The molecule has 1 aromatic heterocycles. The number of thioether (sulfide) groups is 1. The maximum absolute atomic E-state index is 13.3. The largest absolute Gasteiger partial charge is 0.323 e. The zero-order valence-corrected chi connectivity index (χ0v) is 11.3. The van der Waals surface area contributed by atoms with Gasteiger partial charge in [-0.2, -0.15) is 0 Å². The van der Waals surface area contributed by atoms with Crippen LogP contribution in [-0.2, 0) is 10.5 Å². The van der Waals surface area contributed by atoms with E-state index in [9.17, 15) is 13.6 Å². The van der Waals surface area contributed by atoms with Gasteiger partial charge in [-0.05, 0) is 29.8 Å². The Morgan fingerprint density at radius 3 is 2.65 bits per heavy atom. The van der Waals surface area contributed by atoms with Gasteiger partial charge in [0.1, 0.15) is 11.6 Å². The Labute approximate surface area is 119 Å². The van der Waals surface area contributed by atoms with E-state index in [-0.39, 0.29) is 17.3 Å². The van der Waals surface area contributed by atoms with Gasteiger partial charge in [0.15, 0.2) is 0 Å². The average molecular weight is 294 g/mol.